The molecule has 0 spiro atoms. The van der Waals surface area contributed by atoms with Crippen LogP contribution in [-0.4, -0.2) is 12.3 Å². The third kappa shape index (κ3) is 3.14. The fourth-order valence-electron chi connectivity index (χ4n) is 4.30. The van der Waals surface area contributed by atoms with Gasteiger partial charge in [0.2, 0.25) is 0 Å². The molecular formula is C25H23NOS. The van der Waals surface area contributed by atoms with Crippen LogP contribution in [0.1, 0.15) is 35.3 Å². The van der Waals surface area contributed by atoms with Crippen molar-refractivity contribution in [3.8, 4) is 5.75 Å². The van der Waals surface area contributed by atoms with Crippen molar-refractivity contribution in [1.29, 1.82) is 0 Å². The Morgan fingerprint density at radius 1 is 1.00 bits per heavy atom. The largest absolute Gasteiger partial charge is 0.494 e. The topological polar surface area (TPSA) is 21.6 Å². The van der Waals surface area contributed by atoms with Crippen LogP contribution in [0.4, 0.5) is 5.69 Å². The van der Waals surface area contributed by atoms with E-state index in [1.165, 1.54) is 27.3 Å². The van der Waals surface area contributed by atoms with Crippen molar-refractivity contribution >= 4 is 23.2 Å². The van der Waals surface area contributed by atoms with E-state index in [0.29, 0.717) is 17.8 Å². The maximum absolute atomic E-state index is 5.77. The molecule has 2 atom stereocenters. The zero-order valence-electron chi connectivity index (χ0n) is 16.0. The third-order valence-corrected chi connectivity index (χ3v) is 7.04. The minimum atomic E-state index is 0.353. The first-order chi connectivity index (χ1) is 13.8. The van der Waals surface area contributed by atoms with Crippen LogP contribution in [0.15, 0.2) is 82.7 Å². The fraction of sp³-hybridized carbons (Fsp3) is 0.240. The van der Waals surface area contributed by atoms with Gasteiger partial charge in [0.15, 0.2) is 0 Å². The summed E-state index contributed by atoms with van der Waals surface area (Å²) in [7, 11) is 0. The second-order valence-corrected chi connectivity index (χ2v) is 8.49. The van der Waals surface area contributed by atoms with Gasteiger partial charge in [-0.2, -0.15) is 0 Å². The monoisotopic (exact) mass is 385 g/mol. The molecule has 1 aliphatic carbocycles. The summed E-state index contributed by atoms with van der Waals surface area (Å²) in [6.07, 6.45) is 2.25. The van der Waals surface area contributed by atoms with Gasteiger partial charge in [-0.1, -0.05) is 54.6 Å². The van der Waals surface area contributed by atoms with E-state index in [-0.39, 0.29) is 0 Å². The molecule has 3 aromatic carbocycles. The minimum absolute atomic E-state index is 0.353. The van der Waals surface area contributed by atoms with Crippen LogP contribution in [0.25, 0.3) is 0 Å². The van der Waals surface area contributed by atoms with Gasteiger partial charge in [-0.25, -0.2) is 0 Å². The van der Waals surface area contributed by atoms with Crippen molar-refractivity contribution in [3.63, 3.8) is 0 Å². The molecule has 1 heterocycles. The minimum Gasteiger partial charge on any atom is -0.494 e. The van der Waals surface area contributed by atoms with Crippen molar-refractivity contribution in [2.45, 2.75) is 29.9 Å². The number of aryl methyl sites for hydroxylation is 1. The molecule has 140 valence electrons. The van der Waals surface area contributed by atoms with Crippen molar-refractivity contribution in [3.05, 3.63) is 89.5 Å². The fourth-order valence-corrected chi connectivity index (χ4v) is 5.72. The van der Waals surface area contributed by atoms with E-state index >= 15 is 0 Å². The molecule has 0 saturated carbocycles. The lowest BCUT2D eigenvalue weighted by Gasteiger charge is -2.31. The lowest BCUT2D eigenvalue weighted by atomic mass is 9.78. The lowest BCUT2D eigenvalue weighted by molar-refractivity contribution is 0.339. The summed E-state index contributed by atoms with van der Waals surface area (Å²) in [5.41, 5.74) is 6.42. The molecule has 5 rings (SSSR count). The average molecular weight is 386 g/mol. The van der Waals surface area contributed by atoms with Gasteiger partial charge in [0.25, 0.3) is 0 Å². The van der Waals surface area contributed by atoms with Gasteiger partial charge in [-0.15, -0.1) is 11.8 Å². The summed E-state index contributed by atoms with van der Waals surface area (Å²) < 4.78 is 5.77. The Kier molecular flexibility index (Phi) is 4.69. The molecule has 2 aliphatic rings. The summed E-state index contributed by atoms with van der Waals surface area (Å²) in [6, 6.07) is 26.0. The molecule has 0 amide bonds. The van der Waals surface area contributed by atoms with Gasteiger partial charge in [0, 0.05) is 16.1 Å². The first-order valence-corrected chi connectivity index (χ1v) is 10.9. The average Bonchev–Trinajstić information content (AvgIpc) is 2.91. The molecule has 0 radical (unpaired) electrons. The normalized spacial score (nSPS) is 20.2. The lowest BCUT2D eigenvalue weighted by Crippen LogP contribution is -2.27. The van der Waals surface area contributed by atoms with Crippen molar-refractivity contribution in [2.24, 2.45) is 10.9 Å². The van der Waals surface area contributed by atoms with Crippen LogP contribution in [-0.2, 0) is 6.42 Å². The van der Waals surface area contributed by atoms with Crippen LogP contribution >= 0.6 is 11.8 Å². The van der Waals surface area contributed by atoms with Gasteiger partial charge in [0.1, 0.15) is 5.75 Å². The van der Waals surface area contributed by atoms with E-state index in [9.17, 15) is 0 Å². The van der Waals surface area contributed by atoms with Crippen molar-refractivity contribution in [1.82, 2.24) is 0 Å². The molecule has 28 heavy (non-hydrogen) atoms. The number of nitrogens with zero attached hydrogens (tertiary/aromatic N) is 1. The molecule has 2 unspecified atom stereocenters. The number of thioether (sulfide) groups is 1. The molecule has 0 aromatic heterocycles. The van der Waals surface area contributed by atoms with Gasteiger partial charge in [-0.05, 0) is 54.7 Å². The van der Waals surface area contributed by atoms with E-state index in [0.717, 1.165) is 24.3 Å². The Balaban J connectivity index is 1.68. The van der Waals surface area contributed by atoms with E-state index in [1.54, 1.807) is 0 Å². The van der Waals surface area contributed by atoms with E-state index in [4.69, 9.17) is 9.73 Å². The summed E-state index contributed by atoms with van der Waals surface area (Å²) in [5.74, 6) is 1.33. The Bertz CT molecular complexity index is 1030. The molecule has 0 fully saturated rings. The van der Waals surface area contributed by atoms with E-state index in [1.807, 2.05) is 24.8 Å². The van der Waals surface area contributed by atoms with Crippen molar-refractivity contribution in [2.75, 3.05) is 6.61 Å². The molecule has 0 bridgehead atoms. The number of benzene rings is 3. The summed E-state index contributed by atoms with van der Waals surface area (Å²) in [5, 5.41) is 0.353. The number of aliphatic imine (C=N–C) groups is 1. The second kappa shape index (κ2) is 7.48. The van der Waals surface area contributed by atoms with Crippen LogP contribution in [0.3, 0.4) is 0 Å². The highest BCUT2D eigenvalue weighted by atomic mass is 32.2. The first kappa shape index (κ1) is 17.6. The highest BCUT2D eigenvalue weighted by molar-refractivity contribution is 7.99. The molecule has 2 nitrogen and oxygen atoms in total. The van der Waals surface area contributed by atoms with Crippen LogP contribution < -0.4 is 4.74 Å². The number of hydrogen-bond acceptors (Lipinski definition) is 3. The molecule has 0 saturated heterocycles. The first-order valence-electron chi connectivity index (χ1n) is 9.99. The smallest absolute Gasteiger partial charge is 0.120 e. The zero-order chi connectivity index (χ0) is 18.9. The van der Waals surface area contributed by atoms with Gasteiger partial charge < -0.3 is 4.74 Å². The highest BCUT2D eigenvalue weighted by Crippen LogP contribution is 2.51. The second-order valence-electron chi connectivity index (χ2n) is 7.31. The van der Waals surface area contributed by atoms with Gasteiger partial charge >= 0.3 is 0 Å². The highest BCUT2D eigenvalue weighted by Gasteiger charge is 2.35. The van der Waals surface area contributed by atoms with Crippen molar-refractivity contribution < 1.29 is 4.74 Å². The summed E-state index contributed by atoms with van der Waals surface area (Å²) in [6.45, 7) is 2.70. The maximum atomic E-state index is 5.77. The molecule has 0 N–H and O–H groups in total. The van der Waals surface area contributed by atoms with E-state index < -0.39 is 0 Å². The molecule has 3 heteroatoms. The summed E-state index contributed by atoms with van der Waals surface area (Å²) >= 11 is 1.94. The zero-order valence-corrected chi connectivity index (χ0v) is 16.8. The molecule has 1 aliphatic heterocycles. The standard InChI is InChI=1S/C25H23NOS/c1-2-27-19-13-15-22-23(16-19)28-25(18-9-4-3-5-10-18)21-14-12-17-8-6-7-11-20(17)24(21)26-22/h3-11,13,15-16,21,25H,2,12,14H2,1H3. The number of fused-ring (bicyclic) bond motifs is 4. The molecule has 3 aromatic rings. The molecular weight excluding hydrogens is 362 g/mol. The number of rotatable bonds is 3. The quantitative estimate of drug-likeness (QED) is 0.505. The Morgan fingerprint density at radius 3 is 2.68 bits per heavy atom. The van der Waals surface area contributed by atoms with Crippen LogP contribution in [0.5, 0.6) is 5.75 Å². The Hall–Kier alpha value is -2.52. The Labute approximate surface area is 170 Å². The van der Waals surface area contributed by atoms with Crippen LogP contribution in [0, 0.1) is 5.92 Å². The SMILES string of the molecule is CCOc1ccc2c(c1)SC(c1ccccc1)C1CCc3ccccc3C1=N2. The van der Waals surface area contributed by atoms with Gasteiger partial charge in [-0.3, -0.25) is 4.99 Å². The van der Waals surface area contributed by atoms with E-state index in [2.05, 4.69) is 66.7 Å². The maximum Gasteiger partial charge on any atom is 0.120 e. The predicted molar refractivity (Wildman–Crippen MR) is 117 cm³/mol. The Morgan fingerprint density at radius 2 is 1.82 bits per heavy atom. The van der Waals surface area contributed by atoms with Gasteiger partial charge in [0.05, 0.1) is 18.0 Å². The number of hydrogen-bond donors (Lipinski definition) is 0. The third-order valence-electron chi connectivity index (χ3n) is 5.60. The van der Waals surface area contributed by atoms with Crippen LogP contribution in [0.2, 0.25) is 0 Å². The number of ether oxygens (including phenoxy) is 1. The predicted octanol–water partition coefficient (Wildman–Crippen LogP) is 6.62. The summed E-state index contributed by atoms with van der Waals surface area (Å²) in [4.78, 5) is 6.43.